The number of anilines is 3. The maximum Gasteiger partial charge on any atom is 0.283 e. The summed E-state index contributed by atoms with van der Waals surface area (Å²) in [7, 11) is 0. The van der Waals surface area contributed by atoms with Crippen molar-refractivity contribution < 1.29 is 14.4 Å². The molecule has 0 unspecified atom stereocenters. The van der Waals surface area contributed by atoms with E-state index in [1.165, 1.54) is 0 Å². The predicted octanol–water partition coefficient (Wildman–Crippen LogP) is 5.35. The summed E-state index contributed by atoms with van der Waals surface area (Å²) in [5.41, 5.74) is 3.27. The van der Waals surface area contributed by atoms with Crippen LogP contribution < -0.4 is 15.1 Å². The number of carbonyl (C=O) groups is 3. The van der Waals surface area contributed by atoms with E-state index in [-0.39, 0.29) is 16.6 Å². The fraction of sp³-hybridized carbons (Fsp3) is 0.148. The molecule has 1 aliphatic heterocycles. The standard InChI is InChI=1S/C27H24ClN3O3/c1-3-18-10-8-9-13-22(18)31-26(33)23(28)24(27(31)34)29-20-16-14-19(15-17-20)25(32)30(4-2)21-11-6-5-7-12-21/h5-17,29H,3-4H2,1-2H3. The third-order valence-electron chi connectivity index (χ3n) is 5.67. The van der Waals surface area contributed by atoms with Crippen LogP contribution in [0, 0.1) is 0 Å². The minimum Gasteiger partial charge on any atom is -0.350 e. The number of carbonyl (C=O) groups excluding carboxylic acids is 3. The summed E-state index contributed by atoms with van der Waals surface area (Å²) in [4.78, 5) is 41.7. The zero-order valence-corrected chi connectivity index (χ0v) is 19.7. The molecule has 0 spiro atoms. The minimum absolute atomic E-state index is 0.0103. The highest BCUT2D eigenvalue weighted by Gasteiger charge is 2.39. The van der Waals surface area contributed by atoms with Crippen LogP contribution in [0.2, 0.25) is 0 Å². The van der Waals surface area contributed by atoms with Crippen LogP contribution in [0.1, 0.15) is 29.8 Å². The summed E-state index contributed by atoms with van der Waals surface area (Å²) in [6.07, 6.45) is 0.668. The molecule has 0 saturated carbocycles. The smallest absolute Gasteiger partial charge is 0.283 e. The number of nitrogens with zero attached hydrogens (tertiary/aromatic N) is 2. The second-order valence-corrected chi connectivity index (χ2v) is 8.08. The lowest BCUT2D eigenvalue weighted by molar-refractivity contribution is -0.120. The van der Waals surface area contributed by atoms with Crippen molar-refractivity contribution in [1.82, 2.24) is 0 Å². The molecule has 1 heterocycles. The largest absolute Gasteiger partial charge is 0.350 e. The lowest BCUT2D eigenvalue weighted by Gasteiger charge is -2.21. The molecule has 0 saturated heterocycles. The topological polar surface area (TPSA) is 69.7 Å². The minimum atomic E-state index is -0.566. The molecule has 3 amide bonds. The molecule has 1 N–H and O–H groups in total. The molecule has 7 heteroatoms. The molecular formula is C27H24ClN3O3. The fourth-order valence-electron chi connectivity index (χ4n) is 3.91. The van der Waals surface area contributed by atoms with Gasteiger partial charge in [0.1, 0.15) is 10.7 Å². The monoisotopic (exact) mass is 473 g/mol. The van der Waals surface area contributed by atoms with Crippen molar-refractivity contribution in [3.8, 4) is 0 Å². The fourth-order valence-corrected chi connectivity index (χ4v) is 4.12. The molecule has 0 atom stereocenters. The van der Waals surface area contributed by atoms with Gasteiger partial charge in [-0.25, -0.2) is 4.90 Å². The van der Waals surface area contributed by atoms with Gasteiger partial charge in [-0.15, -0.1) is 0 Å². The maximum absolute atomic E-state index is 13.1. The van der Waals surface area contributed by atoms with E-state index in [2.05, 4.69) is 5.32 Å². The van der Waals surface area contributed by atoms with E-state index >= 15 is 0 Å². The SMILES string of the molecule is CCc1ccccc1N1C(=O)C(Cl)=C(Nc2ccc(C(=O)N(CC)c3ccccc3)cc2)C1=O. The third-order valence-corrected chi connectivity index (χ3v) is 6.02. The van der Waals surface area contributed by atoms with E-state index in [1.807, 2.05) is 56.3 Å². The van der Waals surface area contributed by atoms with Crippen LogP contribution in [0.3, 0.4) is 0 Å². The molecule has 172 valence electrons. The number of imide groups is 1. The Kier molecular flexibility index (Phi) is 6.80. The van der Waals surface area contributed by atoms with Crippen molar-refractivity contribution in [2.45, 2.75) is 20.3 Å². The summed E-state index contributed by atoms with van der Waals surface area (Å²) in [6.45, 7) is 4.40. The number of nitrogens with one attached hydrogen (secondary N) is 1. The zero-order valence-electron chi connectivity index (χ0n) is 18.9. The van der Waals surface area contributed by atoms with E-state index in [0.29, 0.717) is 29.9 Å². The number of para-hydroxylation sites is 2. The normalized spacial score (nSPS) is 13.4. The predicted molar refractivity (Wildman–Crippen MR) is 135 cm³/mol. The van der Waals surface area contributed by atoms with Crippen LogP contribution in [0.25, 0.3) is 0 Å². The third kappa shape index (κ3) is 4.32. The lowest BCUT2D eigenvalue weighted by Crippen LogP contribution is -2.33. The van der Waals surface area contributed by atoms with Gasteiger partial charge in [0.05, 0.1) is 5.69 Å². The number of rotatable bonds is 7. The Morgan fingerprint density at radius 3 is 2.18 bits per heavy atom. The van der Waals surface area contributed by atoms with Gasteiger partial charge in [-0.3, -0.25) is 14.4 Å². The second kappa shape index (κ2) is 9.93. The average Bonchev–Trinajstić information content (AvgIpc) is 3.08. The highest BCUT2D eigenvalue weighted by atomic mass is 35.5. The Balaban J connectivity index is 1.54. The Hall–Kier alpha value is -3.90. The molecular weight excluding hydrogens is 450 g/mol. The maximum atomic E-state index is 13.1. The van der Waals surface area contributed by atoms with E-state index in [0.717, 1.165) is 16.2 Å². The molecule has 34 heavy (non-hydrogen) atoms. The van der Waals surface area contributed by atoms with Crippen LogP contribution >= 0.6 is 11.6 Å². The zero-order chi connectivity index (χ0) is 24.2. The van der Waals surface area contributed by atoms with E-state index in [4.69, 9.17) is 11.6 Å². The molecule has 3 aromatic carbocycles. The Labute approximate surface area is 203 Å². The van der Waals surface area contributed by atoms with Gasteiger partial charge in [0.25, 0.3) is 17.7 Å². The molecule has 0 bridgehead atoms. The van der Waals surface area contributed by atoms with Crippen molar-refractivity contribution in [2.24, 2.45) is 0 Å². The Morgan fingerprint density at radius 1 is 0.882 bits per heavy atom. The highest BCUT2D eigenvalue weighted by molar-refractivity contribution is 6.53. The number of hydrogen-bond acceptors (Lipinski definition) is 4. The van der Waals surface area contributed by atoms with Crippen LogP contribution in [0.5, 0.6) is 0 Å². The van der Waals surface area contributed by atoms with Crippen LogP contribution in [0.15, 0.2) is 89.6 Å². The van der Waals surface area contributed by atoms with Gasteiger partial charge in [0.15, 0.2) is 0 Å². The number of benzene rings is 3. The van der Waals surface area contributed by atoms with Gasteiger partial charge in [-0.2, -0.15) is 0 Å². The van der Waals surface area contributed by atoms with Gasteiger partial charge in [-0.05, 0) is 61.4 Å². The van der Waals surface area contributed by atoms with E-state index in [9.17, 15) is 14.4 Å². The van der Waals surface area contributed by atoms with E-state index < -0.39 is 11.8 Å². The molecule has 3 aromatic rings. The second-order valence-electron chi connectivity index (χ2n) is 7.70. The van der Waals surface area contributed by atoms with Gasteiger partial charge < -0.3 is 10.2 Å². The van der Waals surface area contributed by atoms with E-state index in [1.54, 1.807) is 41.3 Å². The van der Waals surface area contributed by atoms with Gasteiger partial charge >= 0.3 is 0 Å². The van der Waals surface area contributed by atoms with Gasteiger partial charge in [-0.1, -0.05) is 54.9 Å². The quantitative estimate of drug-likeness (QED) is 0.469. The first-order chi connectivity index (χ1) is 16.5. The van der Waals surface area contributed by atoms with Crippen molar-refractivity contribution >= 4 is 46.4 Å². The Bertz CT molecular complexity index is 1270. The molecule has 1 aliphatic rings. The summed E-state index contributed by atoms with van der Waals surface area (Å²) < 4.78 is 0. The lowest BCUT2D eigenvalue weighted by atomic mass is 10.1. The Morgan fingerprint density at radius 2 is 1.53 bits per heavy atom. The van der Waals surface area contributed by atoms with Crippen LogP contribution in [0.4, 0.5) is 17.1 Å². The van der Waals surface area contributed by atoms with Gasteiger partial charge in [0, 0.05) is 23.5 Å². The molecule has 6 nitrogen and oxygen atoms in total. The van der Waals surface area contributed by atoms with Crippen molar-refractivity contribution in [2.75, 3.05) is 21.7 Å². The summed E-state index contributed by atoms with van der Waals surface area (Å²) in [6, 6.07) is 23.4. The van der Waals surface area contributed by atoms with Gasteiger partial charge in [0.2, 0.25) is 0 Å². The molecule has 0 aromatic heterocycles. The average molecular weight is 474 g/mol. The number of halogens is 1. The van der Waals surface area contributed by atoms with Crippen molar-refractivity contribution in [3.63, 3.8) is 0 Å². The molecule has 0 fully saturated rings. The molecule has 4 rings (SSSR count). The number of hydrogen-bond donors (Lipinski definition) is 1. The number of aryl methyl sites for hydroxylation is 1. The first-order valence-corrected chi connectivity index (χ1v) is 11.4. The van der Waals surface area contributed by atoms with Crippen LogP contribution in [-0.4, -0.2) is 24.3 Å². The highest BCUT2D eigenvalue weighted by Crippen LogP contribution is 2.32. The summed E-state index contributed by atoms with van der Waals surface area (Å²) in [5, 5.41) is 2.79. The summed E-state index contributed by atoms with van der Waals surface area (Å²) in [5.74, 6) is -1.22. The van der Waals surface area contributed by atoms with Crippen molar-refractivity contribution in [1.29, 1.82) is 0 Å². The van der Waals surface area contributed by atoms with Crippen LogP contribution in [-0.2, 0) is 16.0 Å². The molecule has 0 aliphatic carbocycles. The number of amides is 3. The summed E-state index contributed by atoms with van der Waals surface area (Å²) >= 11 is 6.27. The van der Waals surface area contributed by atoms with Crippen molar-refractivity contribution in [3.05, 3.63) is 101 Å². The molecule has 0 radical (unpaired) electrons. The first-order valence-electron chi connectivity index (χ1n) is 11.1. The first kappa shape index (κ1) is 23.3.